The molecular weight excluding hydrogens is 239 g/mol. The summed E-state index contributed by atoms with van der Waals surface area (Å²) in [7, 11) is -0.355. The minimum atomic E-state index is -0.355. The van der Waals surface area contributed by atoms with Gasteiger partial charge in [-0.2, -0.15) is 0 Å². The lowest BCUT2D eigenvalue weighted by Crippen LogP contribution is -2.41. The van der Waals surface area contributed by atoms with Crippen molar-refractivity contribution < 1.29 is 9.31 Å². The molecule has 1 aromatic rings. The molecule has 4 nitrogen and oxygen atoms in total. The zero-order chi connectivity index (χ0) is 13.8. The first-order valence-electron chi connectivity index (χ1n) is 6.70. The van der Waals surface area contributed by atoms with Gasteiger partial charge >= 0.3 is 7.12 Å². The average Bonchev–Trinajstić information content (AvgIpc) is 2.74. The largest absolute Gasteiger partial charge is 0.496 e. The van der Waals surface area contributed by atoms with Crippen molar-refractivity contribution in [1.82, 2.24) is 4.98 Å². The molecule has 0 aliphatic carbocycles. The van der Waals surface area contributed by atoms with Gasteiger partial charge in [0.2, 0.25) is 0 Å². The second-order valence-corrected chi connectivity index (χ2v) is 6.31. The standard InChI is InChI=1S/C14H19BN2O2/c1-9-6-10-7-11(8-16-12(10)17-9)15-18-13(2,3)14(4,5)19-15/h6-9H,1-5H3/t9-/m1/s1. The highest BCUT2D eigenvalue weighted by Gasteiger charge is 2.51. The molecular formula is C14H19BN2O2. The topological polar surface area (TPSA) is 43.7 Å². The van der Waals surface area contributed by atoms with Crippen LogP contribution < -0.4 is 16.2 Å². The van der Waals surface area contributed by atoms with Gasteiger partial charge in [0.25, 0.3) is 0 Å². The maximum Gasteiger partial charge on any atom is 0.496 e. The van der Waals surface area contributed by atoms with E-state index in [9.17, 15) is 0 Å². The molecule has 0 radical (unpaired) electrons. The van der Waals surface area contributed by atoms with Crippen molar-refractivity contribution in [1.29, 1.82) is 0 Å². The summed E-state index contributed by atoms with van der Waals surface area (Å²) in [6.45, 7) is 10.3. The molecule has 3 heterocycles. The molecule has 2 aliphatic rings. The van der Waals surface area contributed by atoms with Gasteiger partial charge in [0.15, 0.2) is 5.49 Å². The summed E-state index contributed by atoms with van der Waals surface area (Å²) in [5.41, 5.74) is 1.13. The number of fused-ring (bicyclic) bond motifs is 1. The molecule has 5 heteroatoms. The second kappa shape index (κ2) is 3.90. The molecule has 0 saturated carbocycles. The number of pyridine rings is 1. The lowest BCUT2D eigenvalue weighted by atomic mass is 9.80. The number of rotatable bonds is 1. The van der Waals surface area contributed by atoms with Gasteiger partial charge in [-0.25, -0.2) is 4.98 Å². The van der Waals surface area contributed by atoms with E-state index >= 15 is 0 Å². The predicted molar refractivity (Wildman–Crippen MR) is 74.7 cm³/mol. The molecule has 0 amide bonds. The van der Waals surface area contributed by atoms with Crippen LogP contribution in [0.15, 0.2) is 17.3 Å². The fraction of sp³-hybridized carbons (Fsp3) is 0.571. The highest BCUT2D eigenvalue weighted by molar-refractivity contribution is 6.62. The summed E-state index contributed by atoms with van der Waals surface area (Å²) in [6.07, 6.45) is 3.91. The molecule has 0 N–H and O–H groups in total. The van der Waals surface area contributed by atoms with Crippen LogP contribution in [0.3, 0.4) is 0 Å². The predicted octanol–water partition coefficient (Wildman–Crippen LogP) is 0.183. The maximum absolute atomic E-state index is 6.03. The minimum Gasteiger partial charge on any atom is -0.399 e. The van der Waals surface area contributed by atoms with Gasteiger partial charge in [-0.15, -0.1) is 0 Å². The van der Waals surface area contributed by atoms with Crippen LogP contribution in [0.2, 0.25) is 0 Å². The van der Waals surface area contributed by atoms with Crippen LogP contribution in [0, 0.1) is 0 Å². The average molecular weight is 258 g/mol. The van der Waals surface area contributed by atoms with E-state index in [0.29, 0.717) is 0 Å². The van der Waals surface area contributed by atoms with Crippen LogP contribution in [0.25, 0.3) is 6.08 Å². The summed E-state index contributed by atoms with van der Waals surface area (Å²) in [5, 5.41) is 1.07. The fourth-order valence-corrected chi connectivity index (χ4v) is 2.32. The molecule has 0 spiro atoms. The molecule has 100 valence electrons. The van der Waals surface area contributed by atoms with Crippen molar-refractivity contribution in [3.8, 4) is 0 Å². The molecule has 1 fully saturated rings. The van der Waals surface area contributed by atoms with Crippen LogP contribution >= 0.6 is 0 Å². The number of aromatic nitrogens is 1. The summed E-state index contributed by atoms with van der Waals surface area (Å²) in [5.74, 6) is 0. The normalized spacial score (nSPS) is 26.8. The van der Waals surface area contributed by atoms with Gasteiger partial charge in [-0.3, -0.25) is 4.99 Å². The van der Waals surface area contributed by atoms with E-state index in [1.54, 1.807) is 6.20 Å². The Balaban J connectivity index is 1.97. The number of hydrogen-bond donors (Lipinski definition) is 0. The number of nitrogens with zero attached hydrogens (tertiary/aromatic N) is 2. The Bertz CT molecular complexity index is 623. The van der Waals surface area contributed by atoms with Crippen molar-refractivity contribution in [2.75, 3.05) is 0 Å². The second-order valence-electron chi connectivity index (χ2n) is 6.31. The van der Waals surface area contributed by atoms with Gasteiger partial charge in [0.05, 0.1) is 17.2 Å². The van der Waals surface area contributed by atoms with Gasteiger partial charge in [0.1, 0.15) is 0 Å². The van der Waals surface area contributed by atoms with E-state index in [1.807, 2.05) is 0 Å². The Morgan fingerprint density at radius 3 is 2.42 bits per heavy atom. The van der Waals surface area contributed by atoms with Crippen LogP contribution in [-0.4, -0.2) is 29.3 Å². The molecule has 1 saturated heterocycles. The third kappa shape index (κ3) is 2.01. The molecule has 0 aromatic carbocycles. The summed E-state index contributed by atoms with van der Waals surface area (Å²) >= 11 is 0. The summed E-state index contributed by atoms with van der Waals surface area (Å²) < 4.78 is 12.1. The van der Waals surface area contributed by atoms with Crippen molar-refractivity contribution in [2.24, 2.45) is 4.99 Å². The first-order chi connectivity index (χ1) is 8.78. The van der Waals surface area contributed by atoms with Crippen LogP contribution in [0.5, 0.6) is 0 Å². The lowest BCUT2D eigenvalue weighted by molar-refractivity contribution is 0.00578. The van der Waals surface area contributed by atoms with E-state index in [-0.39, 0.29) is 24.4 Å². The SMILES string of the molecule is C[C@@H]1C=c2cc(B3OC(C)(C)C(C)(C)O3)cnc2=N1. The highest BCUT2D eigenvalue weighted by Crippen LogP contribution is 2.36. The Morgan fingerprint density at radius 1 is 1.16 bits per heavy atom. The third-order valence-electron chi connectivity index (χ3n) is 4.19. The van der Waals surface area contributed by atoms with Crippen molar-refractivity contribution in [3.05, 3.63) is 23.0 Å². The smallest absolute Gasteiger partial charge is 0.399 e. The molecule has 1 atom stereocenters. The first kappa shape index (κ1) is 12.8. The Kier molecular flexibility index (Phi) is 2.63. The molecule has 0 bridgehead atoms. The molecule has 2 aliphatic heterocycles. The Hall–Kier alpha value is -1.20. The third-order valence-corrected chi connectivity index (χ3v) is 4.19. The zero-order valence-electron chi connectivity index (χ0n) is 12.1. The van der Waals surface area contributed by atoms with Gasteiger partial charge in [0, 0.05) is 16.9 Å². The molecule has 19 heavy (non-hydrogen) atoms. The lowest BCUT2D eigenvalue weighted by Gasteiger charge is -2.32. The number of hydrogen-bond acceptors (Lipinski definition) is 4. The van der Waals surface area contributed by atoms with Crippen LogP contribution in [0.1, 0.15) is 34.6 Å². The van der Waals surface area contributed by atoms with Gasteiger partial charge in [-0.05, 0) is 40.7 Å². The van der Waals surface area contributed by atoms with E-state index in [2.05, 4.69) is 56.7 Å². The van der Waals surface area contributed by atoms with Crippen molar-refractivity contribution >= 4 is 18.7 Å². The zero-order valence-corrected chi connectivity index (χ0v) is 12.1. The Morgan fingerprint density at radius 2 is 1.79 bits per heavy atom. The fourth-order valence-electron chi connectivity index (χ4n) is 2.32. The molecule has 0 unspecified atom stereocenters. The van der Waals surface area contributed by atoms with Crippen LogP contribution in [-0.2, 0) is 9.31 Å². The molecule has 3 rings (SSSR count). The highest BCUT2D eigenvalue weighted by atomic mass is 16.7. The van der Waals surface area contributed by atoms with E-state index < -0.39 is 0 Å². The van der Waals surface area contributed by atoms with Gasteiger partial charge < -0.3 is 9.31 Å². The van der Waals surface area contributed by atoms with Crippen molar-refractivity contribution in [2.45, 2.75) is 51.9 Å². The van der Waals surface area contributed by atoms with E-state index in [1.165, 1.54) is 0 Å². The maximum atomic E-state index is 6.03. The minimum absolute atomic E-state index is 0.205. The van der Waals surface area contributed by atoms with Crippen LogP contribution in [0.4, 0.5) is 0 Å². The quantitative estimate of drug-likeness (QED) is 0.675. The van der Waals surface area contributed by atoms with E-state index in [0.717, 1.165) is 16.2 Å². The molecule has 1 aromatic heterocycles. The van der Waals surface area contributed by atoms with E-state index in [4.69, 9.17) is 9.31 Å². The summed E-state index contributed by atoms with van der Waals surface area (Å²) in [4.78, 5) is 8.82. The van der Waals surface area contributed by atoms with Gasteiger partial charge in [-0.1, -0.05) is 6.07 Å². The monoisotopic (exact) mass is 258 g/mol. The Labute approximate surface area is 113 Å². The summed E-state index contributed by atoms with van der Waals surface area (Å²) in [6, 6.07) is 2.27. The van der Waals surface area contributed by atoms with Crippen molar-refractivity contribution in [3.63, 3.8) is 0 Å². The first-order valence-corrected chi connectivity index (χ1v) is 6.70.